The van der Waals surface area contributed by atoms with Crippen molar-refractivity contribution < 1.29 is 43.2 Å². The van der Waals surface area contributed by atoms with Crippen LogP contribution in [0.5, 0.6) is 0 Å². The molecule has 0 aromatic carbocycles. The molecule has 1 N–H and O–H groups in total. The monoisotopic (exact) mass is 505 g/mol. The molecule has 0 fully saturated rings. The summed E-state index contributed by atoms with van der Waals surface area (Å²) in [5, 5.41) is 14.8. The number of rotatable bonds is 2. The second-order valence-electron chi connectivity index (χ2n) is 4.22. The standard InChI is InChI=1S/C9H5F3N3.C5H8O2.Ir/c10-9(11,12)8-5-7(14-15-8)6-3-1-2-4-13-6;1-4(6)3-5(2)7;/h1-5H;3,6H,1-2H3;/q-1;;/b;4-3-;. The van der Waals surface area contributed by atoms with Crippen molar-refractivity contribution in [3.8, 4) is 11.4 Å². The third-order valence-corrected chi connectivity index (χ3v) is 2.17. The smallest absolute Gasteiger partial charge is 0.431 e. The fourth-order valence-electron chi connectivity index (χ4n) is 1.37. The molecule has 0 aliphatic heterocycles. The molecule has 127 valence electrons. The molecule has 0 saturated heterocycles. The van der Waals surface area contributed by atoms with Gasteiger partial charge >= 0.3 is 6.18 Å². The van der Waals surface area contributed by atoms with E-state index in [1.807, 2.05) is 0 Å². The van der Waals surface area contributed by atoms with Crippen molar-refractivity contribution in [1.29, 1.82) is 0 Å². The third kappa shape index (κ3) is 7.71. The number of aliphatic hydroxyl groups excluding tert-OH is 1. The van der Waals surface area contributed by atoms with Gasteiger partial charge in [0.05, 0.1) is 5.76 Å². The zero-order valence-corrected chi connectivity index (χ0v) is 14.5. The van der Waals surface area contributed by atoms with Gasteiger partial charge in [0.2, 0.25) is 0 Å². The summed E-state index contributed by atoms with van der Waals surface area (Å²) in [7, 11) is 0. The number of pyridine rings is 1. The van der Waals surface area contributed by atoms with Crippen molar-refractivity contribution in [2.24, 2.45) is 0 Å². The van der Waals surface area contributed by atoms with Crippen LogP contribution < -0.4 is 5.10 Å². The first kappa shape index (κ1) is 21.0. The number of hydrogen-bond acceptors (Lipinski definition) is 4. The van der Waals surface area contributed by atoms with Gasteiger partial charge in [-0.15, -0.1) is 0 Å². The predicted octanol–water partition coefficient (Wildman–Crippen LogP) is 3.15. The van der Waals surface area contributed by atoms with Crippen LogP contribution in [-0.4, -0.2) is 21.0 Å². The Labute approximate surface area is 144 Å². The number of hydrogen-bond donors (Lipinski definition) is 1. The molecule has 0 saturated carbocycles. The first-order valence-electron chi connectivity index (χ1n) is 6.07. The Hall–Kier alpha value is -1.99. The predicted molar refractivity (Wildman–Crippen MR) is 72.9 cm³/mol. The number of allylic oxidation sites excluding steroid dienone is 2. The van der Waals surface area contributed by atoms with E-state index in [0.29, 0.717) is 5.69 Å². The first-order valence-corrected chi connectivity index (χ1v) is 6.07. The van der Waals surface area contributed by atoms with E-state index >= 15 is 0 Å². The number of nitrogens with zero attached hydrogens (tertiary/aromatic N) is 3. The first-order chi connectivity index (χ1) is 10.2. The molecule has 0 amide bonds. The van der Waals surface area contributed by atoms with Crippen LogP contribution in [0.2, 0.25) is 0 Å². The number of halogens is 3. The molecule has 2 heterocycles. The Morgan fingerprint density at radius 2 is 1.96 bits per heavy atom. The van der Waals surface area contributed by atoms with E-state index in [9.17, 15) is 18.0 Å². The summed E-state index contributed by atoms with van der Waals surface area (Å²) in [6.07, 6.45) is -1.81. The van der Waals surface area contributed by atoms with Crippen molar-refractivity contribution in [1.82, 2.24) is 15.2 Å². The summed E-state index contributed by atoms with van der Waals surface area (Å²) >= 11 is 0. The molecule has 2 aromatic rings. The third-order valence-electron chi connectivity index (χ3n) is 2.17. The Balaban J connectivity index is 0.000000522. The molecule has 0 atom stereocenters. The van der Waals surface area contributed by atoms with Gasteiger partial charge in [-0.1, -0.05) is 11.8 Å². The maximum Gasteiger partial charge on any atom is 0.431 e. The SMILES string of the molecule is CC(=O)/C=C(/C)O.FC(F)(F)c1cc(-c2ccccn2)[n-]n1.[Ir]. The minimum absolute atomic E-state index is 0. The second kappa shape index (κ2) is 9.22. The molecule has 0 bridgehead atoms. The number of carbonyl (C=O) groups is 1. The van der Waals surface area contributed by atoms with Crippen LogP contribution in [0.25, 0.3) is 11.4 Å². The molecule has 2 rings (SSSR count). The summed E-state index contributed by atoms with van der Waals surface area (Å²) in [5.74, 6) is -0.0625. The van der Waals surface area contributed by atoms with Gasteiger partial charge in [-0.3, -0.25) is 9.78 Å². The molecule has 1 radical (unpaired) electrons. The van der Waals surface area contributed by atoms with Crippen molar-refractivity contribution in [3.05, 3.63) is 48.0 Å². The van der Waals surface area contributed by atoms with Crippen LogP contribution in [0.3, 0.4) is 0 Å². The molecule has 0 aliphatic rings. The Morgan fingerprint density at radius 1 is 1.30 bits per heavy atom. The molecular weight excluding hydrogens is 491 g/mol. The van der Waals surface area contributed by atoms with Crippen molar-refractivity contribution in [2.45, 2.75) is 20.0 Å². The normalized spacial score (nSPS) is 11.1. The van der Waals surface area contributed by atoms with Crippen LogP contribution in [-0.2, 0) is 31.1 Å². The number of aromatic nitrogens is 3. The van der Waals surface area contributed by atoms with E-state index < -0.39 is 11.9 Å². The molecule has 0 aliphatic carbocycles. The fourth-order valence-corrected chi connectivity index (χ4v) is 1.37. The van der Waals surface area contributed by atoms with E-state index in [1.165, 1.54) is 26.1 Å². The van der Waals surface area contributed by atoms with Crippen LogP contribution >= 0.6 is 0 Å². The number of ketones is 1. The van der Waals surface area contributed by atoms with Gasteiger partial charge in [0.25, 0.3) is 0 Å². The molecule has 0 unspecified atom stereocenters. The number of alkyl halides is 3. The minimum atomic E-state index is -4.46. The van der Waals surface area contributed by atoms with Crippen LogP contribution in [0, 0.1) is 0 Å². The van der Waals surface area contributed by atoms with Crippen molar-refractivity contribution in [3.63, 3.8) is 0 Å². The zero-order chi connectivity index (χ0) is 16.8. The van der Waals surface area contributed by atoms with Gasteiger partial charge in [-0.25, -0.2) is 0 Å². The maximum absolute atomic E-state index is 12.2. The molecule has 0 spiro atoms. The Morgan fingerprint density at radius 3 is 2.30 bits per heavy atom. The summed E-state index contributed by atoms with van der Waals surface area (Å²) < 4.78 is 36.6. The fraction of sp³-hybridized carbons (Fsp3) is 0.214. The summed E-state index contributed by atoms with van der Waals surface area (Å²) in [4.78, 5) is 13.9. The van der Waals surface area contributed by atoms with E-state index in [0.717, 1.165) is 6.07 Å². The largest absolute Gasteiger partial charge is 0.573 e. The van der Waals surface area contributed by atoms with Gasteiger partial charge in [0, 0.05) is 38.1 Å². The van der Waals surface area contributed by atoms with Gasteiger partial charge in [0.15, 0.2) is 5.78 Å². The molecule has 9 heteroatoms. The molecule has 2 aromatic heterocycles. The average molecular weight is 504 g/mol. The van der Waals surface area contributed by atoms with Crippen LogP contribution in [0.15, 0.2) is 42.3 Å². The van der Waals surface area contributed by atoms with E-state index in [4.69, 9.17) is 5.11 Å². The molecular formula is C14H13F3IrN3O2-. The molecule has 5 nitrogen and oxygen atoms in total. The van der Waals surface area contributed by atoms with Gasteiger partial charge < -0.3 is 15.3 Å². The Kier molecular flexibility index (Phi) is 8.42. The van der Waals surface area contributed by atoms with Gasteiger partial charge in [-0.05, 0) is 32.0 Å². The van der Waals surface area contributed by atoms with Gasteiger partial charge in [-0.2, -0.15) is 13.2 Å². The summed E-state index contributed by atoms with van der Waals surface area (Å²) in [6.45, 7) is 2.85. The minimum Gasteiger partial charge on any atom is -0.573 e. The van der Waals surface area contributed by atoms with E-state index in [-0.39, 0.29) is 37.3 Å². The summed E-state index contributed by atoms with van der Waals surface area (Å²) in [6, 6.07) is 5.79. The maximum atomic E-state index is 12.2. The average Bonchev–Trinajstić information content (AvgIpc) is 2.88. The van der Waals surface area contributed by atoms with E-state index in [2.05, 4.69) is 15.2 Å². The number of carbonyl (C=O) groups excluding carboxylic acids is 1. The molecule has 23 heavy (non-hydrogen) atoms. The second-order valence-corrected chi connectivity index (χ2v) is 4.22. The topological polar surface area (TPSA) is 77.2 Å². The Bertz CT molecular complexity index is 651. The summed E-state index contributed by atoms with van der Waals surface area (Å²) in [5.41, 5.74) is -0.494. The van der Waals surface area contributed by atoms with Crippen LogP contribution in [0.1, 0.15) is 19.5 Å². The number of aliphatic hydroxyl groups is 1. The van der Waals surface area contributed by atoms with Crippen LogP contribution in [0.4, 0.5) is 13.2 Å². The quantitative estimate of drug-likeness (QED) is 0.503. The van der Waals surface area contributed by atoms with E-state index in [1.54, 1.807) is 18.2 Å². The van der Waals surface area contributed by atoms with Gasteiger partial charge in [0.1, 0.15) is 5.69 Å². The van der Waals surface area contributed by atoms with Crippen molar-refractivity contribution >= 4 is 5.78 Å². The zero-order valence-electron chi connectivity index (χ0n) is 12.1. The van der Waals surface area contributed by atoms with Crippen molar-refractivity contribution in [2.75, 3.05) is 0 Å².